The number of hydrogen-bond donors (Lipinski definition) is 1. The van der Waals surface area contributed by atoms with Crippen LogP contribution in [0.25, 0.3) is 11.0 Å². The molecule has 1 saturated carbocycles. The van der Waals surface area contributed by atoms with Gasteiger partial charge in [-0.3, -0.25) is 4.98 Å². The van der Waals surface area contributed by atoms with Crippen molar-refractivity contribution >= 4 is 11.0 Å². The van der Waals surface area contributed by atoms with Gasteiger partial charge in [-0.15, -0.1) is 0 Å². The summed E-state index contributed by atoms with van der Waals surface area (Å²) in [6.45, 7) is 2.89. The number of aromatic nitrogens is 3. The molecular weight excluding hydrogens is 212 g/mol. The molecule has 2 N–H and O–H groups in total. The van der Waals surface area contributed by atoms with Gasteiger partial charge < -0.3 is 10.3 Å². The van der Waals surface area contributed by atoms with Crippen LogP contribution in [0.3, 0.4) is 0 Å². The summed E-state index contributed by atoms with van der Waals surface area (Å²) >= 11 is 0. The second-order valence-electron chi connectivity index (χ2n) is 5.04. The third-order valence-electron chi connectivity index (χ3n) is 3.41. The first kappa shape index (κ1) is 10.7. The minimum atomic E-state index is 0.484. The summed E-state index contributed by atoms with van der Waals surface area (Å²) in [5, 5.41) is 0. The van der Waals surface area contributed by atoms with Crippen LogP contribution in [0.5, 0.6) is 0 Å². The lowest BCUT2D eigenvalue weighted by Gasteiger charge is -2.10. The lowest BCUT2D eigenvalue weighted by atomic mass is 10.1. The van der Waals surface area contributed by atoms with Crippen LogP contribution >= 0.6 is 0 Å². The Kier molecular flexibility index (Phi) is 2.59. The number of pyridine rings is 1. The molecule has 2 heterocycles. The summed E-state index contributed by atoms with van der Waals surface area (Å²) in [6, 6.07) is 2.72. The van der Waals surface area contributed by atoms with Crippen molar-refractivity contribution in [2.45, 2.75) is 32.2 Å². The molecule has 1 aliphatic rings. The number of fused-ring (bicyclic) bond motifs is 1. The third-order valence-corrected chi connectivity index (χ3v) is 3.41. The fraction of sp³-hybridized carbons (Fsp3) is 0.538. The van der Waals surface area contributed by atoms with Gasteiger partial charge in [-0.2, -0.15) is 0 Å². The van der Waals surface area contributed by atoms with E-state index in [2.05, 4.69) is 22.5 Å². The van der Waals surface area contributed by atoms with Gasteiger partial charge in [-0.05, 0) is 31.4 Å². The van der Waals surface area contributed by atoms with Crippen LogP contribution in [0, 0.1) is 5.92 Å². The van der Waals surface area contributed by atoms with Gasteiger partial charge in [0.15, 0.2) is 0 Å². The molecule has 1 unspecified atom stereocenters. The van der Waals surface area contributed by atoms with Crippen LogP contribution in [0.4, 0.5) is 0 Å². The summed E-state index contributed by atoms with van der Waals surface area (Å²) in [4.78, 5) is 8.85. The van der Waals surface area contributed by atoms with Crippen molar-refractivity contribution in [2.24, 2.45) is 11.7 Å². The Labute approximate surface area is 101 Å². The molecule has 0 radical (unpaired) electrons. The number of nitrogens with two attached hydrogens (primary N) is 1. The Bertz CT molecular complexity index is 527. The normalized spacial score (nSPS) is 17.5. The SMILES string of the molecule is CC(CN)Cc1nc2cnccc2n1C1CC1. The van der Waals surface area contributed by atoms with Gasteiger partial charge in [0.25, 0.3) is 0 Å². The van der Waals surface area contributed by atoms with Crippen molar-refractivity contribution in [1.29, 1.82) is 0 Å². The molecule has 0 bridgehead atoms. The van der Waals surface area contributed by atoms with Crippen molar-refractivity contribution in [2.75, 3.05) is 6.54 Å². The van der Waals surface area contributed by atoms with Gasteiger partial charge in [0, 0.05) is 18.7 Å². The van der Waals surface area contributed by atoms with E-state index in [1.54, 1.807) is 0 Å². The molecule has 4 heteroatoms. The van der Waals surface area contributed by atoms with Crippen LogP contribution in [-0.4, -0.2) is 21.1 Å². The molecule has 1 aliphatic carbocycles. The molecule has 0 aromatic carbocycles. The van der Waals surface area contributed by atoms with Crippen molar-refractivity contribution in [3.63, 3.8) is 0 Å². The predicted molar refractivity (Wildman–Crippen MR) is 67.7 cm³/mol. The maximum atomic E-state index is 5.71. The second-order valence-corrected chi connectivity index (χ2v) is 5.04. The van der Waals surface area contributed by atoms with E-state index in [1.165, 1.54) is 24.2 Å². The lowest BCUT2D eigenvalue weighted by molar-refractivity contribution is 0.550. The average Bonchev–Trinajstić information content (AvgIpc) is 3.11. The quantitative estimate of drug-likeness (QED) is 0.872. The maximum absolute atomic E-state index is 5.71. The monoisotopic (exact) mass is 230 g/mol. The molecule has 90 valence electrons. The average molecular weight is 230 g/mol. The molecule has 1 atom stereocenters. The lowest BCUT2D eigenvalue weighted by Crippen LogP contribution is -2.15. The molecule has 2 aromatic heterocycles. The summed E-state index contributed by atoms with van der Waals surface area (Å²) < 4.78 is 2.39. The fourth-order valence-corrected chi connectivity index (χ4v) is 2.28. The number of nitrogens with zero attached hydrogens (tertiary/aromatic N) is 3. The van der Waals surface area contributed by atoms with Crippen molar-refractivity contribution in [3.05, 3.63) is 24.3 Å². The first-order chi connectivity index (χ1) is 8.29. The number of rotatable bonds is 4. The predicted octanol–water partition coefficient (Wildman–Crippen LogP) is 1.90. The molecular formula is C13H18N4. The van der Waals surface area contributed by atoms with Gasteiger partial charge in [-0.25, -0.2) is 4.98 Å². The minimum absolute atomic E-state index is 0.484. The van der Waals surface area contributed by atoms with Crippen LogP contribution < -0.4 is 5.73 Å². The molecule has 0 saturated heterocycles. The first-order valence-electron chi connectivity index (χ1n) is 6.30. The zero-order chi connectivity index (χ0) is 11.8. The van der Waals surface area contributed by atoms with E-state index in [1.807, 2.05) is 12.4 Å². The van der Waals surface area contributed by atoms with Crippen LogP contribution in [0.15, 0.2) is 18.5 Å². The maximum Gasteiger partial charge on any atom is 0.110 e. The topological polar surface area (TPSA) is 56.7 Å². The van der Waals surface area contributed by atoms with Crippen LogP contribution in [0.1, 0.15) is 31.6 Å². The van der Waals surface area contributed by atoms with E-state index < -0.39 is 0 Å². The van der Waals surface area contributed by atoms with E-state index >= 15 is 0 Å². The van der Waals surface area contributed by atoms with E-state index in [0.717, 1.165) is 11.9 Å². The van der Waals surface area contributed by atoms with Crippen molar-refractivity contribution < 1.29 is 0 Å². The van der Waals surface area contributed by atoms with Crippen LogP contribution in [-0.2, 0) is 6.42 Å². The van der Waals surface area contributed by atoms with Gasteiger partial charge in [-0.1, -0.05) is 6.92 Å². The zero-order valence-corrected chi connectivity index (χ0v) is 10.1. The van der Waals surface area contributed by atoms with Crippen molar-refractivity contribution in [3.8, 4) is 0 Å². The highest BCUT2D eigenvalue weighted by Gasteiger charge is 2.28. The Balaban J connectivity index is 2.06. The Morgan fingerprint density at radius 3 is 3.06 bits per heavy atom. The molecule has 3 rings (SSSR count). The highest BCUT2D eigenvalue weighted by Crippen LogP contribution is 2.38. The fourth-order valence-electron chi connectivity index (χ4n) is 2.28. The van der Waals surface area contributed by atoms with Gasteiger partial charge >= 0.3 is 0 Å². The summed E-state index contributed by atoms with van der Waals surface area (Å²) in [7, 11) is 0. The first-order valence-corrected chi connectivity index (χ1v) is 6.30. The molecule has 0 amide bonds. The van der Waals surface area contributed by atoms with Gasteiger partial charge in [0.05, 0.1) is 11.7 Å². The molecule has 0 spiro atoms. The summed E-state index contributed by atoms with van der Waals surface area (Å²) in [5.74, 6) is 1.66. The van der Waals surface area contributed by atoms with E-state index in [4.69, 9.17) is 10.7 Å². The molecule has 4 nitrogen and oxygen atoms in total. The zero-order valence-electron chi connectivity index (χ0n) is 10.1. The molecule has 17 heavy (non-hydrogen) atoms. The molecule has 2 aromatic rings. The molecule has 1 fully saturated rings. The summed E-state index contributed by atoms with van der Waals surface area (Å²) in [5.41, 5.74) is 7.94. The Morgan fingerprint density at radius 2 is 2.35 bits per heavy atom. The van der Waals surface area contributed by atoms with Gasteiger partial charge in [0.1, 0.15) is 11.3 Å². The number of imidazole rings is 1. The third kappa shape index (κ3) is 1.93. The van der Waals surface area contributed by atoms with Gasteiger partial charge in [0.2, 0.25) is 0 Å². The van der Waals surface area contributed by atoms with Crippen LogP contribution in [0.2, 0.25) is 0 Å². The van der Waals surface area contributed by atoms with E-state index in [-0.39, 0.29) is 0 Å². The Morgan fingerprint density at radius 1 is 1.53 bits per heavy atom. The Hall–Kier alpha value is -1.42. The smallest absolute Gasteiger partial charge is 0.110 e. The summed E-state index contributed by atoms with van der Waals surface area (Å²) in [6.07, 6.45) is 7.21. The van der Waals surface area contributed by atoms with Crippen molar-refractivity contribution in [1.82, 2.24) is 14.5 Å². The van der Waals surface area contributed by atoms with E-state index in [9.17, 15) is 0 Å². The highest BCUT2D eigenvalue weighted by atomic mass is 15.1. The number of hydrogen-bond acceptors (Lipinski definition) is 3. The standard InChI is InChI=1S/C13H18N4/c1-9(7-14)6-13-16-11-8-15-5-4-12(11)17(13)10-2-3-10/h4-5,8-10H,2-3,6-7,14H2,1H3. The highest BCUT2D eigenvalue weighted by molar-refractivity contribution is 5.75. The van der Waals surface area contributed by atoms with E-state index in [0.29, 0.717) is 18.5 Å². The minimum Gasteiger partial charge on any atom is -0.330 e. The second kappa shape index (κ2) is 4.11. The molecule has 0 aliphatic heterocycles. The largest absolute Gasteiger partial charge is 0.330 e.